The number of nitrogens with zero attached hydrogens (tertiary/aromatic N) is 4. The second-order valence-corrected chi connectivity index (χ2v) is 7.21. The lowest BCUT2D eigenvalue weighted by Crippen LogP contribution is -2.11. The molecule has 6 nitrogen and oxygen atoms in total. The van der Waals surface area contributed by atoms with Crippen molar-refractivity contribution < 1.29 is 9.90 Å². The number of carbonyl (C=O) groups is 1. The lowest BCUT2D eigenvalue weighted by molar-refractivity contribution is -0.136. The van der Waals surface area contributed by atoms with Crippen LogP contribution in [0.2, 0.25) is 0 Å². The van der Waals surface area contributed by atoms with Crippen molar-refractivity contribution in [3.63, 3.8) is 0 Å². The Morgan fingerprint density at radius 2 is 1.92 bits per heavy atom. The van der Waals surface area contributed by atoms with Gasteiger partial charge >= 0.3 is 5.97 Å². The Morgan fingerprint density at radius 3 is 2.60 bits per heavy atom. The van der Waals surface area contributed by atoms with E-state index in [2.05, 4.69) is 22.4 Å². The van der Waals surface area contributed by atoms with Gasteiger partial charge in [-0.05, 0) is 34.4 Å². The second-order valence-electron chi connectivity index (χ2n) is 6.14. The summed E-state index contributed by atoms with van der Waals surface area (Å²) in [6.45, 7) is 2.21. The zero-order valence-electron chi connectivity index (χ0n) is 14.9. The quantitative estimate of drug-likeness (QED) is 0.480. The molecule has 7 heteroatoms. The van der Waals surface area contributed by atoms with Crippen molar-refractivity contribution in [2.24, 2.45) is 7.05 Å². The predicted octanol–water partition coefficient (Wildman–Crippen LogP) is 4.03. The Morgan fingerprint density at radius 1 is 1.20 bits per heavy atom. The highest BCUT2D eigenvalue weighted by molar-refractivity contribution is 8.00. The minimum absolute atomic E-state index is 0.502. The third kappa shape index (κ3) is 5.85. The maximum Gasteiger partial charge on any atom is 0.321 e. The summed E-state index contributed by atoms with van der Waals surface area (Å²) in [6.07, 6.45) is 8.25. The number of hydrogen-bond donors (Lipinski definition) is 1. The molecule has 136 valence electrons. The number of carboxylic acids is 1. The fourth-order valence-electron chi connectivity index (χ4n) is 2.79. The van der Waals surface area contributed by atoms with E-state index in [-0.39, 0.29) is 0 Å². The largest absolute Gasteiger partial charge is 0.480 e. The van der Waals surface area contributed by atoms with E-state index in [4.69, 9.17) is 0 Å². The van der Waals surface area contributed by atoms with Gasteiger partial charge in [0.15, 0.2) is 0 Å². The number of unbranched alkanes of at least 4 members (excludes halogenated alkanes) is 5. The highest BCUT2D eigenvalue weighted by Gasteiger charge is 2.25. The van der Waals surface area contributed by atoms with E-state index in [0.717, 1.165) is 24.0 Å². The average Bonchev–Trinajstić information content (AvgIpc) is 3.01. The molecular weight excluding hydrogens is 336 g/mol. The van der Waals surface area contributed by atoms with Crippen LogP contribution in [0.3, 0.4) is 0 Å². The molecule has 0 aliphatic heterocycles. The molecule has 0 saturated heterocycles. The van der Waals surface area contributed by atoms with Gasteiger partial charge in [0.05, 0.1) is 0 Å². The standard InChI is InChI=1S/C18H26N4O2S/c1-3-4-5-6-7-8-11-14-12-9-10-13-15(14)16(17(23)24)25-18-19-20-21-22(18)2/h9-10,12-13,16H,3-8,11H2,1-2H3,(H,23,24). The topological polar surface area (TPSA) is 80.9 Å². The molecule has 1 aromatic carbocycles. The Hall–Kier alpha value is -1.89. The molecule has 0 aliphatic carbocycles. The molecule has 1 heterocycles. The van der Waals surface area contributed by atoms with Gasteiger partial charge < -0.3 is 5.11 Å². The molecule has 0 amide bonds. The van der Waals surface area contributed by atoms with Crippen molar-refractivity contribution >= 4 is 17.7 Å². The van der Waals surface area contributed by atoms with Crippen LogP contribution in [0.15, 0.2) is 29.4 Å². The second kappa shape index (κ2) is 10.2. The van der Waals surface area contributed by atoms with E-state index in [1.807, 2.05) is 24.3 Å². The minimum atomic E-state index is -0.872. The molecule has 1 atom stereocenters. The maximum absolute atomic E-state index is 11.8. The summed E-state index contributed by atoms with van der Waals surface area (Å²) >= 11 is 1.17. The summed E-state index contributed by atoms with van der Waals surface area (Å²) < 4.78 is 1.50. The molecule has 0 radical (unpaired) electrons. The van der Waals surface area contributed by atoms with E-state index in [9.17, 15) is 9.90 Å². The van der Waals surface area contributed by atoms with Crippen LogP contribution in [0, 0.1) is 0 Å². The molecule has 0 bridgehead atoms. The normalized spacial score (nSPS) is 12.2. The van der Waals surface area contributed by atoms with Gasteiger partial charge in [0.1, 0.15) is 5.25 Å². The van der Waals surface area contributed by atoms with Gasteiger partial charge in [0.25, 0.3) is 0 Å². The third-order valence-electron chi connectivity index (χ3n) is 4.17. The number of tetrazole rings is 1. The van der Waals surface area contributed by atoms with E-state index in [1.165, 1.54) is 48.5 Å². The predicted molar refractivity (Wildman–Crippen MR) is 98.6 cm³/mol. The molecule has 1 N–H and O–H groups in total. The number of benzene rings is 1. The number of carboxylic acid groups (broad SMARTS) is 1. The first-order valence-electron chi connectivity index (χ1n) is 8.83. The van der Waals surface area contributed by atoms with Gasteiger partial charge in [-0.15, -0.1) is 5.10 Å². The highest BCUT2D eigenvalue weighted by Crippen LogP contribution is 2.36. The highest BCUT2D eigenvalue weighted by atomic mass is 32.2. The van der Waals surface area contributed by atoms with Gasteiger partial charge in [-0.25, -0.2) is 4.68 Å². The van der Waals surface area contributed by atoms with Crippen LogP contribution in [-0.4, -0.2) is 31.3 Å². The minimum Gasteiger partial charge on any atom is -0.480 e. The Labute approximate surface area is 153 Å². The Kier molecular flexibility index (Phi) is 7.91. The molecular formula is C18H26N4O2S. The lowest BCUT2D eigenvalue weighted by atomic mass is 9.98. The first kappa shape index (κ1) is 19.4. The monoisotopic (exact) mass is 362 g/mol. The van der Waals surface area contributed by atoms with Crippen molar-refractivity contribution in [1.29, 1.82) is 0 Å². The van der Waals surface area contributed by atoms with E-state index < -0.39 is 11.2 Å². The van der Waals surface area contributed by atoms with E-state index in [0.29, 0.717) is 5.16 Å². The van der Waals surface area contributed by atoms with E-state index in [1.54, 1.807) is 7.05 Å². The molecule has 1 unspecified atom stereocenters. The van der Waals surface area contributed by atoms with Crippen molar-refractivity contribution in [1.82, 2.24) is 20.2 Å². The summed E-state index contributed by atoms with van der Waals surface area (Å²) in [6, 6.07) is 7.81. The molecule has 0 saturated carbocycles. The molecule has 2 aromatic rings. The molecule has 0 fully saturated rings. The number of aryl methyl sites for hydroxylation is 2. The van der Waals surface area contributed by atoms with Crippen molar-refractivity contribution in [3.8, 4) is 0 Å². The van der Waals surface area contributed by atoms with Crippen molar-refractivity contribution in [2.45, 2.75) is 62.3 Å². The number of thioether (sulfide) groups is 1. The zero-order valence-corrected chi connectivity index (χ0v) is 15.7. The summed E-state index contributed by atoms with van der Waals surface area (Å²) in [7, 11) is 1.71. The summed E-state index contributed by atoms with van der Waals surface area (Å²) in [5, 5.41) is 20.8. The fraction of sp³-hybridized carbons (Fsp3) is 0.556. The third-order valence-corrected chi connectivity index (χ3v) is 5.41. The van der Waals surface area contributed by atoms with Gasteiger partial charge in [0.2, 0.25) is 5.16 Å². The number of aliphatic carboxylic acids is 1. The van der Waals surface area contributed by atoms with Crippen LogP contribution in [0.4, 0.5) is 0 Å². The van der Waals surface area contributed by atoms with Crippen molar-refractivity contribution in [2.75, 3.05) is 0 Å². The van der Waals surface area contributed by atoms with Crippen LogP contribution in [0.5, 0.6) is 0 Å². The Balaban J connectivity index is 2.05. The zero-order chi connectivity index (χ0) is 18.1. The van der Waals surface area contributed by atoms with Crippen LogP contribution >= 0.6 is 11.8 Å². The van der Waals surface area contributed by atoms with Gasteiger partial charge in [-0.1, -0.05) is 75.1 Å². The summed E-state index contributed by atoms with van der Waals surface area (Å²) in [4.78, 5) is 11.8. The smallest absolute Gasteiger partial charge is 0.321 e. The van der Waals surface area contributed by atoms with Gasteiger partial charge in [-0.2, -0.15) is 0 Å². The lowest BCUT2D eigenvalue weighted by Gasteiger charge is -2.16. The van der Waals surface area contributed by atoms with Crippen LogP contribution < -0.4 is 0 Å². The first-order valence-corrected chi connectivity index (χ1v) is 9.71. The molecule has 0 spiro atoms. The Bertz CT molecular complexity index is 675. The first-order chi connectivity index (χ1) is 12.1. The SMILES string of the molecule is CCCCCCCCc1ccccc1C(Sc1nnnn1C)C(=O)O. The molecule has 25 heavy (non-hydrogen) atoms. The number of rotatable bonds is 11. The van der Waals surface area contributed by atoms with Gasteiger partial charge in [-0.3, -0.25) is 4.79 Å². The van der Waals surface area contributed by atoms with Crippen LogP contribution in [0.25, 0.3) is 0 Å². The summed E-state index contributed by atoms with van der Waals surface area (Å²) in [5.74, 6) is -0.872. The summed E-state index contributed by atoms with van der Waals surface area (Å²) in [5.41, 5.74) is 1.95. The van der Waals surface area contributed by atoms with Crippen molar-refractivity contribution in [3.05, 3.63) is 35.4 Å². The number of aromatic nitrogens is 4. The van der Waals surface area contributed by atoms with E-state index >= 15 is 0 Å². The molecule has 2 rings (SSSR count). The van der Waals surface area contributed by atoms with Crippen LogP contribution in [-0.2, 0) is 18.3 Å². The average molecular weight is 362 g/mol. The van der Waals surface area contributed by atoms with Gasteiger partial charge in [0, 0.05) is 7.05 Å². The molecule has 1 aromatic heterocycles. The van der Waals surface area contributed by atoms with Crippen LogP contribution in [0.1, 0.15) is 61.8 Å². The maximum atomic E-state index is 11.8. The fourth-order valence-corrected chi connectivity index (χ4v) is 3.73. The molecule has 0 aliphatic rings. The number of hydrogen-bond acceptors (Lipinski definition) is 5.